The largest absolute Gasteiger partial charge is 0.464 e. The van der Waals surface area contributed by atoms with Crippen molar-refractivity contribution in [3.05, 3.63) is 69.6 Å². The third-order valence-electron chi connectivity index (χ3n) is 4.45. The smallest absolute Gasteiger partial charge is 0.357 e. The van der Waals surface area contributed by atoms with E-state index >= 15 is 0 Å². The number of halogens is 1. The summed E-state index contributed by atoms with van der Waals surface area (Å²) < 4.78 is 6.13. The van der Waals surface area contributed by atoms with Gasteiger partial charge in [-0.05, 0) is 42.0 Å². The van der Waals surface area contributed by atoms with Crippen LogP contribution in [0.4, 0.5) is 0 Å². The van der Waals surface area contributed by atoms with Crippen LogP contribution < -0.4 is 5.56 Å². The predicted octanol–water partition coefficient (Wildman–Crippen LogP) is 5.13. The van der Waals surface area contributed by atoms with E-state index in [-0.39, 0.29) is 11.3 Å². The van der Waals surface area contributed by atoms with E-state index in [1.165, 1.54) is 7.11 Å². The molecule has 0 aliphatic heterocycles. The monoisotopic (exact) mass is 396 g/mol. The van der Waals surface area contributed by atoms with Crippen molar-refractivity contribution < 1.29 is 9.53 Å². The molecule has 144 valence electrons. The number of hydrogen-bond donors (Lipinski definition) is 0. The van der Waals surface area contributed by atoms with E-state index in [9.17, 15) is 9.59 Å². The lowest BCUT2D eigenvalue weighted by Crippen LogP contribution is -2.25. The molecule has 2 aromatic carbocycles. The second kappa shape index (κ2) is 8.85. The summed E-state index contributed by atoms with van der Waals surface area (Å²) >= 11 is 6.20. The first-order chi connectivity index (χ1) is 13.6. The minimum atomic E-state index is -0.634. The maximum Gasteiger partial charge on any atom is 0.357 e. The highest BCUT2D eigenvalue weighted by Gasteiger charge is 2.24. The van der Waals surface area contributed by atoms with Crippen molar-refractivity contribution in [2.75, 3.05) is 7.11 Å². The van der Waals surface area contributed by atoms with Crippen LogP contribution in [-0.2, 0) is 4.74 Å². The second-order valence-electron chi connectivity index (χ2n) is 6.33. The van der Waals surface area contributed by atoms with E-state index in [0.29, 0.717) is 27.8 Å². The zero-order valence-corrected chi connectivity index (χ0v) is 16.6. The van der Waals surface area contributed by atoms with Crippen molar-refractivity contribution in [1.82, 2.24) is 4.68 Å². The minimum Gasteiger partial charge on any atom is -0.464 e. The van der Waals surface area contributed by atoms with Gasteiger partial charge in [0.1, 0.15) is 0 Å². The molecule has 0 aliphatic carbocycles. The van der Waals surface area contributed by atoms with E-state index in [0.717, 1.165) is 23.1 Å². The number of carbonyl (C=O) groups is 1. The fourth-order valence-electron chi connectivity index (χ4n) is 3.09. The molecule has 3 aromatic rings. The van der Waals surface area contributed by atoms with Gasteiger partial charge in [0.05, 0.1) is 7.11 Å². The van der Waals surface area contributed by atoms with E-state index in [1.54, 1.807) is 24.4 Å². The summed E-state index contributed by atoms with van der Waals surface area (Å²) in [4.78, 5) is 25.8. The summed E-state index contributed by atoms with van der Waals surface area (Å²) in [6.45, 7) is 2.08. The predicted molar refractivity (Wildman–Crippen MR) is 113 cm³/mol. The molecule has 0 fully saturated rings. The van der Waals surface area contributed by atoms with Crippen LogP contribution in [-0.4, -0.2) is 24.0 Å². The number of aromatic nitrogens is 1. The van der Waals surface area contributed by atoms with Gasteiger partial charge in [-0.3, -0.25) is 4.79 Å². The highest BCUT2D eigenvalue weighted by molar-refractivity contribution is 6.31. The molecule has 0 unspecified atom stereocenters. The van der Waals surface area contributed by atoms with Gasteiger partial charge in [-0.1, -0.05) is 55.3 Å². The summed E-state index contributed by atoms with van der Waals surface area (Å²) in [7, 11) is 1.29. The van der Waals surface area contributed by atoms with E-state index in [4.69, 9.17) is 16.3 Å². The summed E-state index contributed by atoms with van der Waals surface area (Å²) in [5.74, 6) is -0.634. The Morgan fingerprint density at radius 2 is 1.93 bits per heavy atom. The fourth-order valence-corrected chi connectivity index (χ4v) is 3.26. The Morgan fingerprint density at radius 3 is 2.61 bits per heavy atom. The van der Waals surface area contributed by atoms with Gasteiger partial charge < -0.3 is 4.74 Å². The number of esters is 1. The molecule has 6 heteroatoms. The quantitative estimate of drug-likeness (QED) is 0.329. The molecular formula is C22H21ClN2O3. The summed E-state index contributed by atoms with van der Waals surface area (Å²) in [6.07, 6.45) is 4.33. The number of fused-ring (bicyclic) bond motifs is 1. The average Bonchev–Trinajstić information content (AvgIpc) is 2.72. The molecule has 3 rings (SSSR count). The molecule has 0 bridgehead atoms. The molecule has 0 amide bonds. The molecule has 28 heavy (non-hydrogen) atoms. The third kappa shape index (κ3) is 3.85. The van der Waals surface area contributed by atoms with Gasteiger partial charge in [0.2, 0.25) is 0 Å². The van der Waals surface area contributed by atoms with Crippen LogP contribution in [0.3, 0.4) is 0 Å². The zero-order chi connectivity index (χ0) is 20.1. The maximum absolute atomic E-state index is 13.1. The molecule has 0 N–H and O–H groups in total. The van der Waals surface area contributed by atoms with Gasteiger partial charge >= 0.3 is 5.97 Å². The van der Waals surface area contributed by atoms with E-state index in [2.05, 4.69) is 12.0 Å². The van der Waals surface area contributed by atoms with Crippen LogP contribution in [0.1, 0.15) is 36.7 Å². The number of unbranched alkanes of at least 4 members (excludes halogenated alkanes) is 2. The number of rotatable bonds is 6. The second-order valence-corrected chi connectivity index (χ2v) is 6.76. The van der Waals surface area contributed by atoms with E-state index in [1.807, 2.05) is 30.3 Å². The first-order valence-electron chi connectivity index (χ1n) is 9.13. The molecule has 1 heterocycles. The van der Waals surface area contributed by atoms with Crippen LogP contribution in [0.2, 0.25) is 5.02 Å². The van der Waals surface area contributed by atoms with E-state index < -0.39 is 5.97 Å². The molecule has 5 nitrogen and oxygen atoms in total. The van der Waals surface area contributed by atoms with Crippen molar-refractivity contribution in [1.29, 1.82) is 0 Å². The Kier molecular flexibility index (Phi) is 6.26. The molecule has 0 saturated heterocycles. The highest BCUT2D eigenvalue weighted by Crippen LogP contribution is 2.32. The van der Waals surface area contributed by atoms with Gasteiger partial charge in [0, 0.05) is 22.2 Å². The highest BCUT2D eigenvalue weighted by atomic mass is 35.5. The van der Waals surface area contributed by atoms with Gasteiger partial charge in [-0.25, -0.2) is 4.79 Å². The number of pyridine rings is 1. The number of methoxy groups -OCH3 is 1. The lowest BCUT2D eigenvalue weighted by molar-refractivity contribution is 0.0589. The molecule has 0 spiro atoms. The van der Waals surface area contributed by atoms with Gasteiger partial charge in [-0.15, -0.1) is 0 Å². The van der Waals surface area contributed by atoms with Crippen LogP contribution in [0.5, 0.6) is 0 Å². The summed E-state index contributed by atoms with van der Waals surface area (Å²) in [5.41, 5.74) is 1.03. The van der Waals surface area contributed by atoms with Crippen molar-refractivity contribution in [3.63, 3.8) is 0 Å². The average molecular weight is 397 g/mol. The minimum absolute atomic E-state index is 0.0845. The lowest BCUT2D eigenvalue weighted by Gasteiger charge is -2.16. The van der Waals surface area contributed by atoms with Crippen molar-refractivity contribution >= 4 is 34.6 Å². The maximum atomic E-state index is 13.1. The Bertz CT molecular complexity index is 1090. The fraction of sp³-hybridized carbons (Fsp3) is 0.227. The van der Waals surface area contributed by atoms with Crippen molar-refractivity contribution in [3.8, 4) is 11.1 Å². The first kappa shape index (κ1) is 19.8. The van der Waals surface area contributed by atoms with Crippen molar-refractivity contribution in [2.24, 2.45) is 5.10 Å². The summed E-state index contributed by atoms with van der Waals surface area (Å²) in [5, 5.41) is 5.81. The molecule has 0 aliphatic rings. The van der Waals surface area contributed by atoms with Crippen LogP contribution in [0, 0.1) is 0 Å². The van der Waals surface area contributed by atoms with Gasteiger partial charge in [0.25, 0.3) is 5.56 Å². The number of carbonyl (C=O) groups excluding carboxylic acids is 1. The van der Waals surface area contributed by atoms with Crippen LogP contribution in [0.25, 0.3) is 21.9 Å². The summed E-state index contributed by atoms with van der Waals surface area (Å²) in [6, 6.07) is 14.4. The normalized spacial score (nSPS) is 11.2. The van der Waals surface area contributed by atoms with Crippen molar-refractivity contribution in [2.45, 2.75) is 26.2 Å². The molecule has 0 saturated carbocycles. The zero-order valence-electron chi connectivity index (χ0n) is 15.8. The molecule has 1 aromatic heterocycles. The topological polar surface area (TPSA) is 60.7 Å². The number of ether oxygens (including phenoxy) is 1. The number of nitrogens with zero attached hydrogens (tertiary/aromatic N) is 2. The first-order valence-corrected chi connectivity index (χ1v) is 9.51. The third-order valence-corrected chi connectivity index (χ3v) is 4.68. The Balaban J connectivity index is 2.43. The molecule has 0 radical (unpaired) electrons. The molecule has 0 atom stereocenters. The number of hydrogen-bond acceptors (Lipinski definition) is 4. The Morgan fingerprint density at radius 1 is 1.18 bits per heavy atom. The Hall–Kier alpha value is -2.92. The molecular weight excluding hydrogens is 376 g/mol. The van der Waals surface area contributed by atoms with Crippen LogP contribution in [0.15, 0.2) is 58.4 Å². The van der Waals surface area contributed by atoms with Gasteiger partial charge in [0.15, 0.2) is 5.69 Å². The number of benzene rings is 2. The standard InChI is InChI=1S/C22H21ClN2O3/c1-3-4-8-13-24-25-20(22(27)28-2)19(15-9-6-5-7-10-15)18-14-16(23)11-12-17(18)21(25)26/h5-7,9-14H,3-4,8H2,1-2H3. The SMILES string of the molecule is CCCCC=Nn1c(C(=O)OC)c(-c2ccccc2)c2cc(Cl)ccc2c1=O. The van der Waals surface area contributed by atoms with Gasteiger partial charge in [-0.2, -0.15) is 9.78 Å². The lowest BCUT2D eigenvalue weighted by atomic mass is 9.97. The van der Waals surface area contributed by atoms with Crippen LogP contribution >= 0.6 is 11.6 Å². The Labute approximate surface area is 168 Å².